The molecule has 3 nitrogen and oxygen atoms in total. The average molecular weight is 314 g/mol. The minimum Gasteiger partial charge on any atom is -0.271 e. The number of hydrazine groups is 1. The Morgan fingerprint density at radius 1 is 1.28 bits per heavy atom. The van der Waals surface area contributed by atoms with E-state index in [1.165, 1.54) is 31.2 Å². The second-order valence-corrected chi connectivity index (χ2v) is 5.74. The fraction of sp³-hybridized carbons (Fsp3) is 0.643. The lowest BCUT2D eigenvalue weighted by molar-refractivity contribution is 0.311. The molecule has 0 aromatic carbocycles. The number of nitrogens with zero attached hydrogens (tertiary/aromatic N) is 1. The maximum absolute atomic E-state index is 5.74. The summed E-state index contributed by atoms with van der Waals surface area (Å²) in [5.41, 5.74) is 4.22. The van der Waals surface area contributed by atoms with Crippen LogP contribution in [0, 0.1) is 5.92 Å². The summed E-state index contributed by atoms with van der Waals surface area (Å²) in [6, 6.07) is 2.45. The number of halogens is 1. The van der Waals surface area contributed by atoms with Gasteiger partial charge >= 0.3 is 0 Å². The van der Waals surface area contributed by atoms with Crippen LogP contribution in [0.5, 0.6) is 0 Å². The Morgan fingerprint density at radius 2 is 1.94 bits per heavy atom. The highest BCUT2D eigenvalue weighted by molar-refractivity contribution is 9.10. The maximum atomic E-state index is 5.74. The summed E-state index contributed by atoms with van der Waals surface area (Å²) < 4.78 is 1.03. The Balaban J connectivity index is 2.69. The van der Waals surface area contributed by atoms with Crippen LogP contribution in [0.25, 0.3) is 0 Å². The molecule has 18 heavy (non-hydrogen) atoms. The summed E-state index contributed by atoms with van der Waals surface area (Å²) in [6.45, 7) is 4.47. The van der Waals surface area contributed by atoms with Crippen molar-refractivity contribution in [1.29, 1.82) is 0 Å². The summed E-state index contributed by atoms with van der Waals surface area (Å²) in [5, 5.41) is 0. The molecule has 1 unspecified atom stereocenters. The van der Waals surface area contributed by atoms with Gasteiger partial charge in [0.2, 0.25) is 0 Å². The first-order valence-electron chi connectivity index (χ1n) is 6.76. The Labute approximate surface area is 119 Å². The fourth-order valence-corrected chi connectivity index (χ4v) is 2.88. The quantitative estimate of drug-likeness (QED) is 0.571. The molecular weight excluding hydrogens is 290 g/mol. The smallest absolute Gasteiger partial charge is 0.0410 e. The van der Waals surface area contributed by atoms with Crippen molar-refractivity contribution in [2.24, 2.45) is 11.8 Å². The minimum absolute atomic E-state index is 0.334. The van der Waals surface area contributed by atoms with E-state index in [-0.39, 0.29) is 0 Å². The van der Waals surface area contributed by atoms with Gasteiger partial charge < -0.3 is 0 Å². The van der Waals surface area contributed by atoms with E-state index in [1.807, 2.05) is 12.4 Å². The number of nitrogens with one attached hydrogen (secondary N) is 1. The first kappa shape index (κ1) is 15.6. The van der Waals surface area contributed by atoms with Crippen LogP contribution in [0.4, 0.5) is 0 Å². The van der Waals surface area contributed by atoms with E-state index in [0.29, 0.717) is 12.0 Å². The molecule has 0 aliphatic heterocycles. The van der Waals surface area contributed by atoms with Crippen LogP contribution >= 0.6 is 15.9 Å². The zero-order chi connectivity index (χ0) is 13.4. The molecule has 0 aliphatic rings. The van der Waals surface area contributed by atoms with Crippen LogP contribution < -0.4 is 11.3 Å². The van der Waals surface area contributed by atoms with Crippen LogP contribution in [0.3, 0.4) is 0 Å². The van der Waals surface area contributed by atoms with Gasteiger partial charge in [-0.15, -0.1) is 0 Å². The third-order valence-electron chi connectivity index (χ3n) is 3.32. The highest BCUT2D eigenvalue weighted by Crippen LogP contribution is 2.21. The normalized spacial score (nSPS) is 12.9. The third kappa shape index (κ3) is 5.04. The molecule has 1 heterocycles. The van der Waals surface area contributed by atoms with Crippen LogP contribution in [0.2, 0.25) is 0 Å². The number of nitrogens with two attached hydrogens (primary N) is 1. The predicted molar refractivity (Wildman–Crippen MR) is 80.1 cm³/mol. The van der Waals surface area contributed by atoms with Gasteiger partial charge in [-0.3, -0.25) is 16.3 Å². The van der Waals surface area contributed by atoms with Gasteiger partial charge in [-0.1, -0.05) is 26.7 Å². The van der Waals surface area contributed by atoms with E-state index in [0.717, 1.165) is 10.9 Å². The van der Waals surface area contributed by atoms with Crippen molar-refractivity contribution in [3.8, 4) is 0 Å². The second-order valence-electron chi connectivity index (χ2n) is 4.83. The maximum Gasteiger partial charge on any atom is 0.0410 e. The summed E-state index contributed by atoms with van der Waals surface area (Å²) in [7, 11) is 0. The molecule has 3 N–H and O–H groups in total. The lowest BCUT2D eigenvalue weighted by Crippen LogP contribution is -2.42. The number of aromatic nitrogens is 1. The van der Waals surface area contributed by atoms with Gasteiger partial charge in [0.05, 0.1) is 0 Å². The summed E-state index contributed by atoms with van der Waals surface area (Å²) in [6.07, 6.45) is 9.54. The van der Waals surface area contributed by atoms with Crippen LogP contribution in [-0.4, -0.2) is 11.0 Å². The van der Waals surface area contributed by atoms with Crippen LogP contribution in [-0.2, 0) is 6.42 Å². The molecule has 102 valence electrons. The number of hydrogen-bond donors (Lipinski definition) is 2. The van der Waals surface area contributed by atoms with Crippen molar-refractivity contribution >= 4 is 15.9 Å². The molecule has 0 radical (unpaired) electrons. The highest BCUT2D eigenvalue weighted by Gasteiger charge is 2.19. The molecule has 0 bridgehead atoms. The van der Waals surface area contributed by atoms with Crippen molar-refractivity contribution in [3.63, 3.8) is 0 Å². The van der Waals surface area contributed by atoms with E-state index in [4.69, 9.17) is 5.84 Å². The lowest BCUT2D eigenvalue weighted by atomic mass is 9.87. The SMILES string of the molecule is CCCC(CCC)C(Cc1cncc(Br)c1)NN. The van der Waals surface area contributed by atoms with Gasteiger partial charge in [0.1, 0.15) is 0 Å². The largest absolute Gasteiger partial charge is 0.271 e. The molecule has 4 heteroatoms. The molecule has 1 aromatic heterocycles. The van der Waals surface area contributed by atoms with Gasteiger partial charge in [0.15, 0.2) is 0 Å². The number of pyridine rings is 1. The second kappa shape index (κ2) is 8.62. The molecule has 0 saturated heterocycles. The zero-order valence-corrected chi connectivity index (χ0v) is 12.9. The first-order chi connectivity index (χ1) is 8.71. The Bertz CT molecular complexity index is 338. The van der Waals surface area contributed by atoms with Gasteiger partial charge in [0.25, 0.3) is 0 Å². The summed E-state index contributed by atoms with van der Waals surface area (Å²) in [4.78, 5) is 4.21. The zero-order valence-electron chi connectivity index (χ0n) is 11.3. The van der Waals surface area contributed by atoms with E-state index in [2.05, 4.69) is 46.3 Å². The molecule has 1 rings (SSSR count). The van der Waals surface area contributed by atoms with Gasteiger partial charge in [0, 0.05) is 22.9 Å². The standard InChI is InChI=1S/C14H24BrN3/c1-3-5-12(6-4-2)14(18-16)8-11-7-13(15)10-17-9-11/h7,9-10,12,14,18H,3-6,8,16H2,1-2H3. The van der Waals surface area contributed by atoms with Gasteiger partial charge in [-0.2, -0.15) is 0 Å². The molecule has 1 aromatic rings. The molecule has 0 spiro atoms. The van der Waals surface area contributed by atoms with Crippen LogP contribution in [0.1, 0.15) is 45.1 Å². The molecule has 1 atom stereocenters. The average Bonchev–Trinajstić information content (AvgIpc) is 2.36. The van der Waals surface area contributed by atoms with E-state index in [9.17, 15) is 0 Å². The number of hydrogen-bond acceptors (Lipinski definition) is 3. The topological polar surface area (TPSA) is 50.9 Å². The monoisotopic (exact) mass is 313 g/mol. The lowest BCUT2D eigenvalue weighted by Gasteiger charge is -2.26. The Morgan fingerprint density at radius 3 is 2.44 bits per heavy atom. The summed E-state index contributed by atoms with van der Waals surface area (Å²) in [5.74, 6) is 6.38. The van der Waals surface area contributed by atoms with Crippen molar-refractivity contribution in [2.75, 3.05) is 0 Å². The van der Waals surface area contributed by atoms with Crippen molar-refractivity contribution in [3.05, 3.63) is 28.5 Å². The Kier molecular flexibility index (Phi) is 7.47. The van der Waals surface area contributed by atoms with Gasteiger partial charge in [-0.25, -0.2) is 0 Å². The van der Waals surface area contributed by atoms with E-state index >= 15 is 0 Å². The minimum atomic E-state index is 0.334. The molecule has 0 fully saturated rings. The first-order valence-corrected chi connectivity index (χ1v) is 7.56. The molecular formula is C14H24BrN3. The molecule has 0 aliphatic carbocycles. The van der Waals surface area contributed by atoms with E-state index in [1.54, 1.807) is 0 Å². The van der Waals surface area contributed by atoms with Crippen molar-refractivity contribution < 1.29 is 0 Å². The third-order valence-corrected chi connectivity index (χ3v) is 3.75. The van der Waals surface area contributed by atoms with E-state index < -0.39 is 0 Å². The fourth-order valence-electron chi connectivity index (χ4n) is 2.47. The Hall–Kier alpha value is -0.450. The molecule has 0 saturated carbocycles. The van der Waals surface area contributed by atoms with Crippen molar-refractivity contribution in [2.45, 2.75) is 52.0 Å². The summed E-state index contributed by atoms with van der Waals surface area (Å²) >= 11 is 3.46. The highest BCUT2D eigenvalue weighted by atomic mass is 79.9. The molecule has 0 amide bonds. The number of rotatable bonds is 8. The van der Waals surface area contributed by atoms with Crippen LogP contribution in [0.15, 0.2) is 22.9 Å². The predicted octanol–water partition coefficient (Wildman–Crippen LogP) is 3.43. The van der Waals surface area contributed by atoms with Gasteiger partial charge in [-0.05, 0) is 52.7 Å². The van der Waals surface area contributed by atoms with Crippen molar-refractivity contribution in [1.82, 2.24) is 10.4 Å².